The van der Waals surface area contributed by atoms with Gasteiger partial charge in [0.15, 0.2) is 11.5 Å². The lowest BCUT2D eigenvalue weighted by molar-refractivity contribution is 0.382. The number of nitrogens with zero attached hydrogens (tertiary/aromatic N) is 6. The van der Waals surface area contributed by atoms with E-state index < -0.39 is 0 Å². The van der Waals surface area contributed by atoms with Crippen molar-refractivity contribution in [2.75, 3.05) is 12.8 Å². The molecule has 5 rings (SSSR count). The van der Waals surface area contributed by atoms with E-state index in [0.717, 1.165) is 36.1 Å². The Balaban J connectivity index is 1.56. The topological polar surface area (TPSA) is 96.1 Å². The molecule has 28 heavy (non-hydrogen) atoms. The quantitative estimate of drug-likeness (QED) is 0.589. The summed E-state index contributed by atoms with van der Waals surface area (Å²) in [7, 11) is 3.59. The number of hydrogen-bond donors (Lipinski definition) is 1. The largest absolute Gasteiger partial charge is 0.494 e. The van der Waals surface area contributed by atoms with Gasteiger partial charge >= 0.3 is 0 Å². The highest BCUT2D eigenvalue weighted by molar-refractivity contribution is 5.95. The minimum Gasteiger partial charge on any atom is -0.494 e. The van der Waals surface area contributed by atoms with Gasteiger partial charge in [-0.05, 0) is 42.9 Å². The second-order valence-electron chi connectivity index (χ2n) is 7.54. The van der Waals surface area contributed by atoms with Gasteiger partial charge in [-0.1, -0.05) is 12.5 Å². The maximum absolute atomic E-state index is 6.19. The van der Waals surface area contributed by atoms with Crippen LogP contribution in [0, 0.1) is 0 Å². The monoisotopic (exact) mass is 377 g/mol. The van der Waals surface area contributed by atoms with Gasteiger partial charge in [-0.15, -0.1) is 5.10 Å². The summed E-state index contributed by atoms with van der Waals surface area (Å²) in [6.07, 6.45) is 8.54. The van der Waals surface area contributed by atoms with E-state index in [1.807, 2.05) is 36.1 Å². The first-order chi connectivity index (χ1) is 13.6. The number of hydrogen-bond acceptors (Lipinski definition) is 6. The summed E-state index contributed by atoms with van der Waals surface area (Å²) in [4.78, 5) is 9.39. The smallest absolute Gasteiger partial charge is 0.223 e. The number of aryl methyl sites for hydroxylation is 1. The average Bonchev–Trinajstić information content (AvgIpc) is 3.35. The zero-order valence-electron chi connectivity index (χ0n) is 16.0. The van der Waals surface area contributed by atoms with Crippen LogP contribution in [0.3, 0.4) is 0 Å². The van der Waals surface area contributed by atoms with E-state index in [2.05, 4.69) is 16.3 Å². The molecular weight excluding hydrogens is 354 g/mol. The third kappa shape index (κ3) is 2.67. The molecule has 4 aromatic rings. The number of aromatic nitrogens is 6. The van der Waals surface area contributed by atoms with E-state index in [4.69, 9.17) is 20.6 Å². The van der Waals surface area contributed by atoms with Crippen molar-refractivity contribution in [2.45, 2.75) is 37.5 Å². The number of ether oxygens (including phenoxy) is 1. The minimum atomic E-state index is 0.305. The minimum absolute atomic E-state index is 0.305. The van der Waals surface area contributed by atoms with Gasteiger partial charge in [-0.25, -0.2) is 9.97 Å². The number of anilines is 1. The molecule has 0 spiro atoms. The Morgan fingerprint density at radius 3 is 2.82 bits per heavy atom. The van der Waals surface area contributed by atoms with Crippen LogP contribution < -0.4 is 10.5 Å². The lowest BCUT2D eigenvalue weighted by atomic mass is 9.78. The van der Waals surface area contributed by atoms with Gasteiger partial charge < -0.3 is 10.5 Å². The number of nitrogens with two attached hydrogens (primary N) is 1. The van der Waals surface area contributed by atoms with Crippen LogP contribution in [-0.4, -0.2) is 36.5 Å². The van der Waals surface area contributed by atoms with Gasteiger partial charge in [0.2, 0.25) is 5.95 Å². The van der Waals surface area contributed by atoms with Crippen LogP contribution in [0.15, 0.2) is 30.6 Å². The standard InChI is InChI=1S/C20H23N7O/c1-26-11-14(10-22-26)12-5-3-6-13(9-12)18-24-19-15-7-4-8-16(28-2)17(15)23-20(21)27(19)25-18/h4,7-8,10-13H,3,5-6,9H2,1-2H3,(H2,21,23)/t12-,13-/m0/s1. The van der Waals surface area contributed by atoms with Crippen molar-refractivity contribution in [3.8, 4) is 5.75 Å². The predicted octanol–water partition coefficient (Wildman–Crippen LogP) is 3.04. The predicted molar refractivity (Wildman–Crippen MR) is 106 cm³/mol. The summed E-state index contributed by atoms with van der Waals surface area (Å²) in [5.41, 5.74) is 8.94. The van der Waals surface area contributed by atoms with E-state index in [1.165, 1.54) is 12.0 Å². The summed E-state index contributed by atoms with van der Waals surface area (Å²) >= 11 is 0. The fourth-order valence-corrected chi connectivity index (χ4v) is 4.36. The second kappa shape index (κ2) is 6.47. The summed E-state index contributed by atoms with van der Waals surface area (Å²) in [5.74, 6) is 2.65. The lowest BCUT2D eigenvalue weighted by Gasteiger charge is -2.26. The summed E-state index contributed by atoms with van der Waals surface area (Å²) < 4.78 is 8.96. The van der Waals surface area contributed by atoms with E-state index in [1.54, 1.807) is 11.6 Å². The molecule has 8 heteroatoms. The number of benzene rings is 1. The number of para-hydroxylation sites is 1. The Labute approximate surface area is 162 Å². The van der Waals surface area contributed by atoms with E-state index in [9.17, 15) is 0 Å². The fraction of sp³-hybridized carbons (Fsp3) is 0.400. The van der Waals surface area contributed by atoms with Gasteiger partial charge in [-0.2, -0.15) is 9.61 Å². The normalized spacial score (nSPS) is 20.1. The van der Waals surface area contributed by atoms with Crippen molar-refractivity contribution in [3.05, 3.63) is 42.0 Å². The van der Waals surface area contributed by atoms with Crippen molar-refractivity contribution in [2.24, 2.45) is 7.05 Å². The van der Waals surface area contributed by atoms with E-state index >= 15 is 0 Å². The molecule has 0 radical (unpaired) electrons. The number of fused-ring (bicyclic) bond motifs is 3. The molecule has 0 aliphatic heterocycles. The zero-order valence-corrected chi connectivity index (χ0v) is 16.0. The number of nitrogen functional groups attached to an aromatic ring is 1. The van der Waals surface area contributed by atoms with Crippen LogP contribution >= 0.6 is 0 Å². The molecule has 2 N–H and O–H groups in total. The molecule has 0 unspecified atom stereocenters. The fourth-order valence-electron chi connectivity index (χ4n) is 4.36. The summed E-state index contributed by atoms with van der Waals surface area (Å²) in [6, 6.07) is 5.80. The van der Waals surface area contributed by atoms with Crippen molar-refractivity contribution >= 4 is 22.5 Å². The van der Waals surface area contributed by atoms with Crippen LogP contribution in [-0.2, 0) is 7.05 Å². The van der Waals surface area contributed by atoms with Gasteiger partial charge in [0.1, 0.15) is 11.3 Å². The molecule has 2 atom stereocenters. The molecule has 0 saturated heterocycles. The molecule has 144 valence electrons. The van der Waals surface area contributed by atoms with Crippen molar-refractivity contribution in [1.82, 2.24) is 29.4 Å². The number of rotatable bonds is 3. The first kappa shape index (κ1) is 17.0. The van der Waals surface area contributed by atoms with Crippen molar-refractivity contribution in [3.63, 3.8) is 0 Å². The van der Waals surface area contributed by atoms with Gasteiger partial charge in [0.05, 0.1) is 13.3 Å². The Bertz CT molecular complexity index is 1160. The third-order valence-corrected chi connectivity index (χ3v) is 5.76. The first-order valence-electron chi connectivity index (χ1n) is 9.61. The molecule has 3 aromatic heterocycles. The highest BCUT2D eigenvalue weighted by Gasteiger charge is 2.28. The van der Waals surface area contributed by atoms with Crippen LogP contribution in [0.2, 0.25) is 0 Å². The molecule has 1 fully saturated rings. The van der Waals surface area contributed by atoms with Gasteiger partial charge in [0.25, 0.3) is 0 Å². The molecule has 8 nitrogen and oxygen atoms in total. The van der Waals surface area contributed by atoms with Crippen LogP contribution in [0.4, 0.5) is 5.95 Å². The van der Waals surface area contributed by atoms with Crippen molar-refractivity contribution < 1.29 is 4.74 Å². The molecule has 0 bridgehead atoms. The van der Waals surface area contributed by atoms with E-state index in [-0.39, 0.29) is 0 Å². The third-order valence-electron chi connectivity index (χ3n) is 5.76. The SMILES string of the molecule is COc1cccc2c1nc(N)n1nc([C@H]3CCC[C@H](c4cnn(C)c4)C3)nc21. The molecule has 1 aliphatic rings. The Hall–Kier alpha value is -3.16. The first-order valence-corrected chi connectivity index (χ1v) is 9.61. The maximum atomic E-state index is 6.19. The molecular formula is C20H23N7O. The maximum Gasteiger partial charge on any atom is 0.223 e. The molecule has 1 aliphatic carbocycles. The Morgan fingerprint density at radius 2 is 2.04 bits per heavy atom. The van der Waals surface area contributed by atoms with Crippen LogP contribution in [0.1, 0.15) is 48.9 Å². The summed E-state index contributed by atoms with van der Waals surface area (Å²) in [5, 5.41) is 9.96. The molecule has 1 saturated carbocycles. The van der Waals surface area contributed by atoms with Crippen molar-refractivity contribution in [1.29, 1.82) is 0 Å². The number of methoxy groups -OCH3 is 1. The molecule has 3 heterocycles. The Kier molecular flexibility index (Phi) is 3.92. The molecule has 1 aromatic carbocycles. The summed E-state index contributed by atoms with van der Waals surface area (Å²) in [6.45, 7) is 0. The zero-order chi connectivity index (χ0) is 19.3. The van der Waals surface area contributed by atoms with Gasteiger partial charge in [-0.3, -0.25) is 4.68 Å². The van der Waals surface area contributed by atoms with E-state index in [0.29, 0.717) is 29.1 Å². The average molecular weight is 377 g/mol. The second-order valence-corrected chi connectivity index (χ2v) is 7.54. The molecule has 0 amide bonds. The lowest BCUT2D eigenvalue weighted by Crippen LogP contribution is -2.14. The highest BCUT2D eigenvalue weighted by atomic mass is 16.5. The van der Waals surface area contributed by atoms with Crippen LogP contribution in [0.5, 0.6) is 5.75 Å². The highest BCUT2D eigenvalue weighted by Crippen LogP contribution is 2.40. The van der Waals surface area contributed by atoms with Gasteiger partial charge in [0, 0.05) is 24.5 Å². The van der Waals surface area contributed by atoms with Crippen LogP contribution in [0.25, 0.3) is 16.6 Å². The Morgan fingerprint density at radius 1 is 1.18 bits per heavy atom.